The molecule has 1 aliphatic heterocycles. The van der Waals surface area contributed by atoms with E-state index in [2.05, 4.69) is 0 Å². The van der Waals surface area contributed by atoms with Gasteiger partial charge in [-0.1, -0.05) is 6.07 Å². The smallest absolute Gasteiger partial charge is 0.457 e. The van der Waals surface area contributed by atoms with Crippen LogP contribution in [-0.2, 0) is 9.47 Å². The molecule has 7 heteroatoms. The van der Waals surface area contributed by atoms with E-state index in [1.165, 1.54) is 0 Å². The van der Waals surface area contributed by atoms with Gasteiger partial charge in [0.05, 0.1) is 24.8 Å². The molecule has 116 valence electrons. The van der Waals surface area contributed by atoms with Crippen LogP contribution >= 0.6 is 0 Å². The molecule has 0 spiro atoms. The first-order chi connectivity index (χ1) is 11.2. The van der Waals surface area contributed by atoms with Gasteiger partial charge in [0.25, 0.3) is 0 Å². The van der Waals surface area contributed by atoms with E-state index in [4.69, 9.17) is 19.5 Å². The zero-order valence-corrected chi connectivity index (χ0v) is 12.2. The minimum Gasteiger partial charge on any atom is -0.457 e. The first-order valence-electron chi connectivity index (χ1n) is 7.08. The minimum atomic E-state index is -1.62. The van der Waals surface area contributed by atoms with Crippen LogP contribution in [0.4, 0.5) is 0 Å². The standard InChI is InChI=1S/C16H14BNO5/c18-10-11-1-3-12(4-2-11)23-13-5-6-15(17(19)20)14(9-13)16-21-7-8-22-16/h1-6,9,16,19-20H,7-8H2. The average molecular weight is 311 g/mol. The lowest BCUT2D eigenvalue weighted by Gasteiger charge is -2.16. The molecule has 0 radical (unpaired) electrons. The highest BCUT2D eigenvalue weighted by atomic mass is 16.7. The molecule has 0 saturated carbocycles. The van der Waals surface area contributed by atoms with Crippen molar-refractivity contribution >= 4 is 12.6 Å². The molecule has 1 saturated heterocycles. The van der Waals surface area contributed by atoms with E-state index in [-0.39, 0.29) is 0 Å². The fourth-order valence-corrected chi connectivity index (χ4v) is 2.33. The zero-order valence-electron chi connectivity index (χ0n) is 12.2. The van der Waals surface area contributed by atoms with E-state index in [1.807, 2.05) is 6.07 Å². The Morgan fingerprint density at radius 3 is 2.30 bits per heavy atom. The van der Waals surface area contributed by atoms with E-state index in [1.54, 1.807) is 42.5 Å². The molecule has 0 unspecified atom stereocenters. The van der Waals surface area contributed by atoms with Gasteiger partial charge in [0.1, 0.15) is 11.5 Å². The second kappa shape index (κ2) is 6.81. The van der Waals surface area contributed by atoms with Gasteiger partial charge in [0.2, 0.25) is 0 Å². The van der Waals surface area contributed by atoms with Gasteiger partial charge >= 0.3 is 7.12 Å². The van der Waals surface area contributed by atoms with Crippen molar-refractivity contribution in [3.63, 3.8) is 0 Å². The summed E-state index contributed by atoms with van der Waals surface area (Å²) in [5, 5.41) is 27.7. The number of hydrogen-bond acceptors (Lipinski definition) is 6. The van der Waals surface area contributed by atoms with Crippen LogP contribution in [0.3, 0.4) is 0 Å². The largest absolute Gasteiger partial charge is 0.488 e. The number of hydrogen-bond donors (Lipinski definition) is 2. The van der Waals surface area contributed by atoms with Crippen molar-refractivity contribution in [2.24, 2.45) is 0 Å². The van der Waals surface area contributed by atoms with Crippen molar-refractivity contribution in [2.75, 3.05) is 13.2 Å². The first kappa shape index (κ1) is 15.5. The average Bonchev–Trinajstić information content (AvgIpc) is 3.09. The summed E-state index contributed by atoms with van der Waals surface area (Å²) in [5.74, 6) is 1.08. The summed E-state index contributed by atoms with van der Waals surface area (Å²) >= 11 is 0. The van der Waals surface area contributed by atoms with Gasteiger partial charge in [0.15, 0.2) is 6.29 Å². The minimum absolute atomic E-state index is 0.309. The summed E-state index contributed by atoms with van der Waals surface area (Å²) < 4.78 is 16.6. The second-order valence-electron chi connectivity index (χ2n) is 4.98. The molecule has 23 heavy (non-hydrogen) atoms. The topological polar surface area (TPSA) is 91.9 Å². The summed E-state index contributed by atoms with van der Waals surface area (Å²) in [7, 11) is -1.62. The lowest BCUT2D eigenvalue weighted by Crippen LogP contribution is -2.34. The molecule has 0 atom stereocenters. The van der Waals surface area contributed by atoms with Crippen LogP contribution in [0.2, 0.25) is 0 Å². The van der Waals surface area contributed by atoms with Crippen molar-refractivity contribution in [2.45, 2.75) is 6.29 Å². The number of ether oxygens (including phenoxy) is 3. The first-order valence-corrected chi connectivity index (χ1v) is 7.08. The number of benzene rings is 2. The molecule has 0 aliphatic carbocycles. The molecular weight excluding hydrogens is 297 g/mol. The van der Waals surface area contributed by atoms with Crippen LogP contribution in [0.5, 0.6) is 11.5 Å². The highest BCUT2D eigenvalue weighted by molar-refractivity contribution is 6.59. The Balaban J connectivity index is 1.87. The van der Waals surface area contributed by atoms with Crippen LogP contribution in [-0.4, -0.2) is 30.4 Å². The Hall–Kier alpha value is -2.37. The number of nitrogens with zero attached hydrogens (tertiary/aromatic N) is 1. The molecule has 0 bridgehead atoms. The highest BCUT2D eigenvalue weighted by Gasteiger charge is 2.26. The lowest BCUT2D eigenvalue weighted by atomic mass is 9.76. The lowest BCUT2D eigenvalue weighted by molar-refractivity contribution is -0.0436. The third kappa shape index (κ3) is 3.52. The Kier molecular flexibility index (Phi) is 4.60. The molecular formula is C16H14BNO5. The van der Waals surface area contributed by atoms with Gasteiger partial charge < -0.3 is 24.3 Å². The Labute approximate surface area is 133 Å². The van der Waals surface area contributed by atoms with E-state index < -0.39 is 13.4 Å². The molecule has 1 aliphatic rings. The summed E-state index contributed by atoms with van der Waals surface area (Å²) in [6, 6.07) is 13.6. The predicted molar refractivity (Wildman–Crippen MR) is 82.1 cm³/mol. The quantitative estimate of drug-likeness (QED) is 0.821. The van der Waals surface area contributed by atoms with Crippen molar-refractivity contribution < 1.29 is 24.3 Å². The molecule has 2 aromatic rings. The molecule has 2 N–H and O–H groups in total. The maximum Gasteiger partial charge on any atom is 0.488 e. The molecule has 1 fully saturated rings. The van der Waals surface area contributed by atoms with Crippen LogP contribution in [0.1, 0.15) is 17.4 Å². The summed E-state index contributed by atoms with van der Waals surface area (Å²) in [6.07, 6.45) is -0.642. The van der Waals surface area contributed by atoms with E-state index in [9.17, 15) is 10.0 Å². The normalized spacial score (nSPS) is 14.5. The molecule has 0 amide bonds. The van der Waals surface area contributed by atoms with Crippen LogP contribution < -0.4 is 10.2 Å². The highest BCUT2D eigenvalue weighted by Crippen LogP contribution is 2.28. The van der Waals surface area contributed by atoms with E-state index in [0.717, 1.165) is 0 Å². The Morgan fingerprint density at radius 2 is 1.70 bits per heavy atom. The Bertz CT molecular complexity index is 720. The van der Waals surface area contributed by atoms with Gasteiger partial charge in [-0.2, -0.15) is 5.26 Å². The van der Waals surface area contributed by atoms with Gasteiger partial charge in [-0.25, -0.2) is 0 Å². The van der Waals surface area contributed by atoms with E-state index >= 15 is 0 Å². The van der Waals surface area contributed by atoms with Gasteiger partial charge in [-0.3, -0.25) is 0 Å². The van der Waals surface area contributed by atoms with Crippen LogP contribution in [0.25, 0.3) is 0 Å². The maximum absolute atomic E-state index is 9.48. The fourth-order valence-electron chi connectivity index (χ4n) is 2.33. The zero-order chi connectivity index (χ0) is 16.2. The van der Waals surface area contributed by atoms with Crippen molar-refractivity contribution in [1.29, 1.82) is 5.26 Å². The molecule has 1 heterocycles. The summed E-state index contributed by atoms with van der Waals surface area (Å²) in [6.45, 7) is 0.901. The summed E-state index contributed by atoms with van der Waals surface area (Å²) in [4.78, 5) is 0. The van der Waals surface area contributed by atoms with Crippen molar-refractivity contribution in [3.8, 4) is 17.6 Å². The van der Waals surface area contributed by atoms with Crippen LogP contribution in [0, 0.1) is 11.3 Å². The SMILES string of the molecule is N#Cc1ccc(Oc2ccc(B(O)O)c(C3OCCO3)c2)cc1. The van der Waals surface area contributed by atoms with Crippen LogP contribution in [0.15, 0.2) is 42.5 Å². The van der Waals surface area contributed by atoms with Crippen molar-refractivity contribution in [3.05, 3.63) is 53.6 Å². The Morgan fingerprint density at radius 1 is 1.04 bits per heavy atom. The van der Waals surface area contributed by atoms with Crippen molar-refractivity contribution in [1.82, 2.24) is 0 Å². The van der Waals surface area contributed by atoms with E-state index in [0.29, 0.717) is 41.3 Å². The monoisotopic (exact) mass is 311 g/mol. The molecule has 0 aromatic heterocycles. The third-order valence-corrected chi connectivity index (χ3v) is 3.43. The number of nitriles is 1. The third-order valence-electron chi connectivity index (χ3n) is 3.43. The predicted octanol–water partition coefficient (Wildman–Crippen LogP) is 1.08. The molecule has 3 rings (SSSR count). The molecule has 2 aromatic carbocycles. The number of rotatable bonds is 4. The van der Waals surface area contributed by atoms with Gasteiger partial charge in [-0.15, -0.1) is 0 Å². The second-order valence-corrected chi connectivity index (χ2v) is 4.98. The maximum atomic E-state index is 9.48. The molecule has 6 nitrogen and oxygen atoms in total. The fraction of sp³-hybridized carbons (Fsp3) is 0.188. The van der Waals surface area contributed by atoms with Gasteiger partial charge in [-0.05, 0) is 41.9 Å². The van der Waals surface area contributed by atoms with Gasteiger partial charge in [0, 0.05) is 5.56 Å². The summed E-state index contributed by atoms with van der Waals surface area (Å²) in [5.41, 5.74) is 1.37.